The number of halogens is 1. The van der Waals surface area contributed by atoms with Crippen LogP contribution in [0.15, 0.2) is 28.7 Å². The van der Waals surface area contributed by atoms with E-state index in [0.717, 1.165) is 4.47 Å². The molecule has 0 saturated carbocycles. The highest BCUT2D eigenvalue weighted by molar-refractivity contribution is 9.10. The largest absolute Gasteiger partial charge is 0.383 e. The van der Waals surface area contributed by atoms with Crippen LogP contribution in [-0.2, 0) is 14.3 Å². The van der Waals surface area contributed by atoms with Crippen LogP contribution in [-0.4, -0.2) is 44.4 Å². The maximum Gasteiger partial charge on any atom is 0.239 e. The molecule has 0 spiro atoms. The van der Waals surface area contributed by atoms with Crippen molar-refractivity contribution in [1.29, 1.82) is 0 Å². The quantitative estimate of drug-likeness (QED) is 0.506. The van der Waals surface area contributed by atoms with Gasteiger partial charge in [-0.25, -0.2) is 0 Å². The Morgan fingerprint density at radius 2 is 1.73 bits per heavy atom. The van der Waals surface area contributed by atoms with Gasteiger partial charge < -0.3 is 15.4 Å². The van der Waals surface area contributed by atoms with Crippen molar-refractivity contribution in [2.24, 2.45) is 0 Å². The molecule has 120 valence electrons. The van der Waals surface area contributed by atoms with Crippen LogP contribution in [0.25, 0.3) is 0 Å². The number of rotatable bonds is 9. The first-order valence-corrected chi connectivity index (χ1v) is 7.63. The number of ether oxygens (including phenoxy) is 1. The van der Waals surface area contributed by atoms with Gasteiger partial charge >= 0.3 is 0 Å². The molecular weight excluding hydrogens is 352 g/mol. The summed E-state index contributed by atoms with van der Waals surface area (Å²) in [4.78, 5) is 34.8. The summed E-state index contributed by atoms with van der Waals surface area (Å²) in [5, 5.41) is 5.06. The summed E-state index contributed by atoms with van der Waals surface area (Å²) in [5.41, 5.74) is 0.563. The first-order valence-electron chi connectivity index (χ1n) is 6.84. The summed E-state index contributed by atoms with van der Waals surface area (Å²) < 4.78 is 5.68. The van der Waals surface area contributed by atoms with Crippen LogP contribution in [0.3, 0.4) is 0 Å². The highest BCUT2D eigenvalue weighted by atomic mass is 79.9. The third kappa shape index (κ3) is 7.33. The van der Waals surface area contributed by atoms with E-state index in [1.807, 2.05) is 0 Å². The van der Waals surface area contributed by atoms with E-state index < -0.39 is 0 Å². The zero-order chi connectivity index (χ0) is 16.4. The number of carbonyl (C=O) groups is 3. The molecule has 0 aromatic heterocycles. The third-order valence-corrected chi connectivity index (χ3v) is 3.35. The van der Waals surface area contributed by atoms with Crippen LogP contribution >= 0.6 is 15.9 Å². The Kier molecular flexibility index (Phi) is 8.39. The average Bonchev–Trinajstić information content (AvgIpc) is 2.51. The zero-order valence-electron chi connectivity index (χ0n) is 12.4. The van der Waals surface area contributed by atoms with E-state index in [1.165, 1.54) is 7.11 Å². The van der Waals surface area contributed by atoms with Gasteiger partial charge in [0.15, 0.2) is 5.78 Å². The van der Waals surface area contributed by atoms with Crippen molar-refractivity contribution in [3.8, 4) is 0 Å². The molecule has 0 aliphatic heterocycles. The summed E-state index contributed by atoms with van der Waals surface area (Å²) in [7, 11) is 1.54. The normalized spacial score (nSPS) is 10.1. The second-order valence-electron chi connectivity index (χ2n) is 4.55. The van der Waals surface area contributed by atoms with Crippen molar-refractivity contribution in [1.82, 2.24) is 10.6 Å². The van der Waals surface area contributed by atoms with E-state index >= 15 is 0 Å². The van der Waals surface area contributed by atoms with Crippen molar-refractivity contribution in [3.05, 3.63) is 34.3 Å². The standard InChI is InChI=1S/C15H19BrN2O4/c1-22-9-8-17-15(21)10-18-14(20)7-6-13(19)11-2-4-12(16)5-3-11/h2-5H,6-10H2,1H3,(H,17,21)(H,18,20). The summed E-state index contributed by atoms with van der Waals surface area (Å²) in [6.07, 6.45) is 0.166. The van der Waals surface area contributed by atoms with Crippen LogP contribution in [0.2, 0.25) is 0 Å². The number of hydrogen-bond acceptors (Lipinski definition) is 4. The molecular formula is C15H19BrN2O4. The number of methoxy groups -OCH3 is 1. The third-order valence-electron chi connectivity index (χ3n) is 2.82. The van der Waals surface area contributed by atoms with Gasteiger partial charge in [-0.05, 0) is 12.1 Å². The van der Waals surface area contributed by atoms with Crippen molar-refractivity contribution < 1.29 is 19.1 Å². The Balaban J connectivity index is 2.24. The number of benzene rings is 1. The number of amides is 2. The fourth-order valence-electron chi connectivity index (χ4n) is 1.63. The Hall–Kier alpha value is -1.73. The molecule has 1 aromatic rings. The molecule has 0 atom stereocenters. The van der Waals surface area contributed by atoms with Gasteiger partial charge in [0, 0.05) is 36.5 Å². The summed E-state index contributed by atoms with van der Waals surface area (Å²) in [5.74, 6) is -0.718. The number of Topliss-reactive ketones (excluding diaryl/α,β-unsaturated/α-hetero) is 1. The Morgan fingerprint density at radius 1 is 1.05 bits per heavy atom. The van der Waals surface area contributed by atoms with Gasteiger partial charge in [0.25, 0.3) is 0 Å². The fraction of sp³-hybridized carbons (Fsp3) is 0.400. The molecule has 0 unspecified atom stereocenters. The lowest BCUT2D eigenvalue weighted by Gasteiger charge is -2.06. The average molecular weight is 371 g/mol. The lowest BCUT2D eigenvalue weighted by atomic mass is 10.1. The lowest BCUT2D eigenvalue weighted by molar-refractivity contribution is -0.126. The first kappa shape index (κ1) is 18.3. The topological polar surface area (TPSA) is 84.5 Å². The molecule has 0 saturated heterocycles. The predicted octanol–water partition coefficient (Wildman–Crippen LogP) is 1.29. The van der Waals surface area contributed by atoms with Gasteiger partial charge in [-0.15, -0.1) is 0 Å². The van der Waals surface area contributed by atoms with Gasteiger partial charge in [0.1, 0.15) is 0 Å². The highest BCUT2D eigenvalue weighted by Gasteiger charge is 2.10. The number of hydrogen-bond donors (Lipinski definition) is 2. The molecule has 0 radical (unpaired) electrons. The molecule has 1 aromatic carbocycles. The van der Waals surface area contributed by atoms with E-state index in [1.54, 1.807) is 24.3 Å². The number of ketones is 1. The van der Waals surface area contributed by atoms with Crippen molar-refractivity contribution in [3.63, 3.8) is 0 Å². The highest BCUT2D eigenvalue weighted by Crippen LogP contribution is 2.12. The van der Waals surface area contributed by atoms with E-state index in [4.69, 9.17) is 4.74 Å². The Labute approximate surface area is 137 Å². The molecule has 1 rings (SSSR count). The Morgan fingerprint density at radius 3 is 2.36 bits per heavy atom. The van der Waals surface area contributed by atoms with Crippen LogP contribution < -0.4 is 10.6 Å². The Bertz CT molecular complexity index is 517. The second kappa shape index (κ2) is 10.1. The van der Waals surface area contributed by atoms with Crippen LogP contribution in [0.1, 0.15) is 23.2 Å². The molecule has 6 nitrogen and oxygen atoms in total. The number of nitrogens with one attached hydrogen (secondary N) is 2. The van der Waals surface area contributed by atoms with Gasteiger partial charge in [0.05, 0.1) is 13.2 Å². The minimum absolute atomic E-state index is 0.0558. The van der Waals surface area contributed by atoms with Crippen LogP contribution in [0.4, 0.5) is 0 Å². The summed E-state index contributed by atoms with van der Waals surface area (Å²) >= 11 is 3.29. The second-order valence-corrected chi connectivity index (χ2v) is 5.47. The smallest absolute Gasteiger partial charge is 0.239 e. The van der Waals surface area contributed by atoms with Crippen molar-refractivity contribution >= 4 is 33.5 Å². The van der Waals surface area contributed by atoms with Gasteiger partial charge in [-0.2, -0.15) is 0 Å². The predicted molar refractivity (Wildman–Crippen MR) is 85.6 cm³/mol. The molecule has 2 amide bonds. The van der Waals surface area contributed by atoms with Crippen molar-refractivity contribution in [2.75, 3.05) is 26.8 Å². The molecule has 0 bridgehead atoms. The monoisotopic (exact) mass is 370 g/mol. The SMILES string of the molecule is COCCNC(=O)CNC(=O)CCC(=O)c1ccc(Br)cc1. The van der Waals surface area contributed by atoms with Crippen LogP contribution in [0, 0.1) is 0 Å². The van der Waals surface area contributed by atoms with Gasteiger partial charge in [-0.3, -0.25) is 14.4 Å². The van der Waals surface area contributed by atoms with Gasteiger partial charge in [-0.1, -0.05) is 28.1 Å². The summed E-state index contributed by atoms with van der Waals surface area (Å²) in [6, 6.07) is 6.95. The minimum Gasteiger partial charge on any atom is -0.383 e. The number of carbonyl (C=O) groups excluding carboxylic acids is 3. The fourth-order valence-corrected chi connectivity index (χ4v) is 1.89. The molecule has 7 heteroatoms. The molecule has 0 aliphatic carbocycles. The van der Waals surface area contributed by atoms with E-state index in [0.29, 0.717) is 18.7 Å². The molecule has 22 heavy (non-hydrogen) atoms. The maximum atomic E-state index is 11.9. The zero-order valence-corrected chi connectivity index (χ0v) is 13.9. The first-order chi connectivity index (χ1) is 10.5. The lowest BCUT2D eigenvalue weighted by Crippen LogP contribution is -2.38. The molecule has 0 heterocycles. The minimum atomic E-state index is -0.327. The van der Waals surface area contributed by atoms with Crippen molar-refractivity contribution in [2.45, 2.75) is 12.8 Å². The maximum absolute atomic E-state index is 11.9. The van der Waals surface area contributed by atoms with E-state index in [-0.39, 0.29) is 37.0 Å². The van der Waals surface area contributed by atoms with E-state index in [2.05, 4.69) is 26.6 Å². The summed E-state index contributed by atoms with van der Waals surface area (Å²) in [6.45, 7) is 0.712. The van der Waals surface area contributed by atoms with E-state index in [9.17, 15) is 14.4 Å². The van der Waals surface area contributed by atoms with Gasteiger partial charge in [0.2, 0.25) is 11.8 Å². The molecule has 2 N–H and O–H groups in total. The van der Waals surface area contributed by atoms with Crippen LogP contribution in [0.5, 0.6) is 0 Å². The molecule has 0 fully saturated rings. The molecule has 0 aliphatic rings.